The van der Waals surface area contributed by atoms with E-state index in [1.165, 1.54) is 12.1 Å². The second kappa shape index (κ2) is 7.25. The molecule has 0 fully saturated rings. The minimum Gasteiger partial charge on any atom is -0.462 e. The molecule has 0 saturated carbocycles. The maximum Gasteiger partial charge on any atom is 0.348 e. The Kier molecular flexibility index (Phi) is 5.03. The van der Waals surface area contributed by atoms with E-state index in [0.717, 1.165) is 11.3 Å². The van der Waals surface area contributed by atoms with Crippen LogP contribution in [0, 0.1) is 12.7 Å². The summed E-state index contributed by atoms with van der Waals surface area (Å²) < 4.78 is 18.0. The van der Waals surface area contributed by atoms with Crippen molar-refractivity contribution in [1.82, 2.24) is 9.97 Å². The first-order valence-electron chi connectivity index (χ1n) is 8.13. The molecule has 0 aliphatic carbocycles. The van der Waals surface area contributed by atoms with E-state index >= 15 is 0 Å². The first-order chi connectivity index (χ1) is 12.4. The third kappa shape index (κ3) is 3.45. The topological polar surface area (TPSA) is 84.1 Å². The number of ether oxygens (including phenoxy) is 1. The number of carbonyl (C=O) groups excluding carboxylic acids is 1. The second-order valence-corrected chi connectivity index (χ2v) is 6.78. The highest BCUT2D eigenvalue weighted by molar-refractivity contribution is 7.20. The SMILES string of the molecule is CCOC(=O)c1sc2nc([C@H](C)Nc3ccc(F)cc3)[nH]c(=O)c2c1C. The fourth-order valence-corrected chi connectivity index (χ4v) is 3.70. The molecule has 2 heterocycles. The average molecular weight is 375 g/mol. The predicted octanol–water partition coefficient (Wildman–Crippen LogP) is 3.78. The zero-order valence-electron chi connectivity index (χ0n) is 14.6. The summed E-state index contributed by atoms with van der Waals surface area (Å²) in [6.45, 7) is 5.54. The third-order valence-electron chi connectivity index (χ3n) is 3.92. The molecule has 0 amide bonds. The van der Waals surface area contributed by atoms with Crippen molar-refractivity contribution in [1.29, 1.82) is 0 Å². The number of carbonyl (C=O) groups is 1. The molecule has 0 saturated heterocycles. The number of halogens is 1. The van der Waals surface area contributed by atoms with Gasteiger partial charge in [-0.3, -0.25) is 4.79 Å². The van der Waals surface area contributed by atoms with Gasteiger partial charge in [0.1, 0.15) is 21.3 Å². The van der Waals surface area contributed by atoms with Gasteiger partial charge in [-0.1, -0.05) is 0 Å². The van der Waals surface area contributed by atoms with Crippen LogP contribution in [0.5, 0.6) is 0 Å². The maximum absolute atomic E-state index is 13.0. The normalized spacial score (nSPS) is 12.2. The number of anilines is 1. The summed E-state index contributed by atoms with van der Waals surface area (Å²) in [5.74, 6) is -0.341. The minimum atomic E-state index is -0.452. The Hall–Kier alpha value is -2.74. The van der Waals surface area contributed by atoms with Gasteiger partial charge in [0.15, 0.2) is 0 Å². The van der Waals surface area contributed by atoms with E-state index in [-0.39, 0.29) is 24.0 Å². The molecule has 8 heteroatoms. The smallest absolute Gasteiger partial charge is 0.348 e. The van der Waals surface area contributed by atoms with Gasteiger partial charge in [-0.05, 0) is 50.6 Å². The quantitative estimate of drug-likeness (QED) is 0.663. The van der Waals surface area contributed by atoms with Crippen molar-refractivity contribution in [3.63, 3.8) is 0 Å². The molecule has 0 aliphatic rings. The molecule has 1 atom stereocenters. The summed E-state index contributed by atoms with van der Waals surface area (Å²) in [6, 6.07) is 5.60. The number of aromatic amines is 1. The van der Waals surface area contributed by atoms with Crippen molar-refractivity contribution >= 4 is 33.2 Å². The molecule has 6 nitrogen and oxygen atoms in total. The molecule has 3 aromatic rings. The zero-order valence-corrected chi connectivity index (χ0v) is 15.4. The number of aryl methyl sites for hydroxylation is 1. The first kappa shape index (κ1) is 18.1. The van der Waals surface area contributed by atoms with Gasteiger partial charge in [-0.2, -0.15) is 0 Å². The number of hydrogen-bond donors (Lipinski definition) is 2. The van der Waals surface area contributed by atoms with E-state index in [4.69, 9.17) is 4.74 Å². The van der Waals surface area contributed by atoms with Crippen molar-refractivity contribution in [2.75, 3.05) is 11.9 Å². The number of thiophene rings is 1. The van der Waals surface area contributed by atoms with E-state index in [2.05, 4.69) is 15.3 Å². The monoisotopic (exact) mass is 375 g/mol. The highest BCUT2D eigenvalue weighted by Gasteiger charge is 2.21. The summed E-state index contributed by atoms with van der Waals surface area (Å²) in [4.78, 5) is 32.7. The molecule has 3 rings (SSSR count). The number of H-pyrrole nitrogens is 1. The van der Waals surface area contributed by atoms with Crippen LogP contribution in [-0.4, -0.2) is 22.5 Å². The molecular formula is C18H18FN3O3S. The van der Waals surface area contributed by atoms with E-state index in [1.807, 2.05) is 6.92 Å². The van der Waals surface area contributed by atoms with Crippen LogP contribution in [0.4, 0.5) is 10.1 Å². The van der Waals surface area contributed by atoms with Crippen molar-refractivity contribution in [2.24, 2.45) is 0 Å². The lowest BCUT2D eigenvalue weighted by Gasteiger charge is -2.14. The van der Waals surface area contributed by atoms with Crippen LogP contribution in [0.1, 0.15) is 40.9 Å². The minimum absolute atomic E-state index is 0.264. The van der Waals surface area contributed by atoms with E-state index in [0.29, 0.717) is 32.2 Å². The van der Waals surface area contributed by atoms with E-state index in [9.17, 15) is 14.0 Å². The number of nitrogens with one attached hydrogen (secondary N) is 2. The van der Waals surface area contributed by atoms with Gasteiger partial charge >= 0.3 is 5.97 Å². The van der Waals surface area contributed by atoms with Crippen LogP contribution in [0.15, 0.2) is 29.1 Å². The Bertz CT molecular complexity index is 1010. The van der Waals surface area contributed by atoms with E-state index in [1.54, 1.807) is 26.0 Å². The largest absolute Gasteiger partial charge is 0.462 e. The fraction of sp³-hybridized carbons (Fsp3) is 0.278. The number of hydrogen-bond acceptors (Lipinski definition) is 6. The van der Waals surface area contributed by atoms with Crippen LogP contribution in [0.25, 0.3) is 10.2 Å². The van der Waals surface area contributed by atoms with Crippen LogP contribution in [0.2, 0.25) is 0 Å². The van der Waals surface area contributed by atoms with Gasteiger partial charge in [0.2, 0.25) is 0 Å². The number of rotatable bonds is 5. The van der Waals surface area contributed by atoms with Crippen LogP contribution < -0.4 is 10.9 Å². The summed E-state index contributed by atoms with van der Waals surface area (Å²) in [7, 11) is 0. The summed E-state index contributed by atoms with van der Waals surface area (Å²) in [6.07, 6.45) is 0. The summed E-state index contributed by atoms with van der Waals surface area (Å²) >= 11 is 1.14. The average Bonchev–Trinajstić information content (AvgIpc) is 2.94. The molecule has 0 aliphatic heterocycles. The van der Waals surface area contributed by atoms with Gasteiger partial charge in [0, 0.05) is 5.69 Å². The molecular weight excluding hydrogens is 357 g/mol. The summed E-state index contributed by atoms with van der Waals surface area (Å²) in [5, 5.41) is 3.55. The van der Waals surface area contributed by atoms with Crippen LogP contribution >= 0.6 is 11.3 Å². The Morgan fingerprint density at radius 3 is 2.73 bits per heavy atom. The number of benzene rings is 1. The van der Waals surface area contributed by atoms with Crippen molar-refractivity contribution in [2.45, 2.75) is 26.8 Å². The lowest BCUT2D eigenvalue weighted by Crippen LogP contribution is -2.17. The second-order valence-electron chi connectivity index (χ2n) is 5.78. The summed E-state index contributed by atoms with van der Waals surface area (Å²) in [5.41, 5.74) is 0.973. The van der Waals surface area contributed by atoms with Gasteiger partial charge in [-0.15, -0.1) is 11.3 Å². The molecule has 1 aromatic carbocycles. The van der Waals surface area contributed by atoms with Crippen LogP contribution in [-0.2, 0) is 4.74 Å². The Morgan fingerprint density at radius 2 is 2.08 bits per heavy atom. The highest BCUT2D eigenvalue weighted by Crippen LogP contribution is 2.28. The number of fused-ring (bicyclic) bond motifs is 1. The Balaban J connectivity index is 1.96. The lowest BCUT2D eigenvalue weighted by atomic mass is 10.2. The highest BCUT2D eigenvalue weighted by atomic mass is 32.1. The molecule has 0 radical (unpaired) electrons. The predicted molar refractivity (Wildman–Crippen MR) is 99.4 cm³/mol. The van der Waals surface area contributed by atoms with E-state index < -0.39 is 5.97 Å². The molecule has 2 N–H and O–H groups in total. The lowest BCUT2D eigenvalue weighted by molar-refractivity contribution is 0.0531. The van der Waals surface area contributed by atoms with Crippen molar-refractivity contribution in [3.05, 3.63) is 56.7 Å². The Labute approximate surface area is 153 Å². The van der Waals surface area contributed by atoms with Crippen molar-refractivity contribution in [3.8, 4) is 0 Å². The number of nitrogens with zero attached hydrogens (tertiary/aromatic N) is 1. The third-order valence-corrected chi connectivity index (χ3v) is 5.08. The molecule has 26 heavy (non-hydrogen) atoms. The van der Waals surface area contributed by atoms with Crippen LogP contribution in [0.3, 0.4) is 0 Å². The standard InChI is InChI=1S/C18H18FN3O3S/c1-4-25-18(24)14-9(2)13-16(23)21-15(22-17(13)26-14)10(3)20-12-7-5-11(19)6-8-12/h5-8,10,20H,4H2,1-3H3,(H,21,22,23)/t10-/m0/s1. The molecule has 2 aromatic heterocycles. The number of esters is 1. The van der Waals surface area contributed by atoms with Gasteiger partial charge in [0.25, 0.3) is 5.56 Å². The molecule has 0 spiro atoms. The first-order valence-corrected chi connectivity index (χ1v) is 8.95. The van der Waals surface area contributed by atoms with Gasteiger partial charge in [-0.25, -0.2) is 14.2 Å². The fourth-order valence-electron chi connectivity index (χ4n) is 2.62. The zero-order chi connectivity index (χ0) is 18.8. The Morgan fingerprint density at radius 1 is 1.38 bits per heavy atom. The number of aromatic nitrogens is 2. The van der Waals surface area contributed by atoms with Crippen molar-refractivity contribution < 1.29 is 13.9 Å². The molecule has 0 unspecified atom stereocenters. The molecule has 0 bridgehead atoms. The van der Waals surface area contributed by atoms with Gasteiger partial charge < -0.3 is 15.0 Å². The molecule has 136 valence electrons. The maximum atomic E-state index is 13.0. The van der Waals surface area contributed by atoms with Gasteiger partial charge in [0.05, 0.1) is 18.0 Å².